The molecule has 34 heavy (non-hydrogen) atoms. The maximum absolute atomic E-state index is 13.4. The molecule has 0 spiro atoms. The molecule has 1 fully saturated rings. The predicted molar refractivity (Wildman–Crippen MR) is 134 cm³/mol. The average Bonchev–Trinajstić information content (AvgIpc) is 3.04. The van der Waals surface area contributed by atoms with Gasteiger partial charge in [-0.1, -0.05) is 74.9 Å². The van der Waals surface area contributed by atoms with Gasteiger partial charge in [0.15, 0.2) is 0 Å². The van der Waals surface area contributed by atoms with Crippen LogP contribution in [0.15, 0.2) is 72.3 Å². The number of anilines is 1. The van der Waals surface area contributed by atoms with Crippen molar-refractivity contribution in [1.29, 1.82) is 0 Å². The fourth-order valence-electron chi connectivity index (χ4n) is 4.39. The van der Waals surface area contributed by atoms with E-state index in [9.17, 15) is 19.8 Å². The van der Waals surface area contributed by atoms with Crippen LogP contribution in [0.2, 0.25) is 0 Å². The molecule has 5 heteroatoms. The topological polar surface area (TPSA) is 77.8 Å². The maximum atomic E-state index is 13.4. The summed E-state index contributed by atoms with van der Waals surface area (Å²) in [6, 6.07) is 18.8. The number of aromatic hydroxyl groups is 1. The van der Waals surface area contributed by atoms with Crippen molar-refractivity contribution in [3.63, 3.8) is 0 Å². The summed E-state index contributed by atoms with van der Waals surface area (Å²) in [5.74, 6) is -1.91. The highest BCUT2D eigenvalue weighted by Gasteiger charge is 2.47. The number of hydrogen-bond acceptors (Lipinski definition) is 4. The zero-order valence-corrected chi connectivity index (χ0v) is 20.1. The number of Topliss-reactive ketones (excluding diaryl/α,β-unsaturated/α-hetero) is 1. The van der Waals surface area contributed by atoms with E-state index in [1.54, 1.807) is 18.2 Å². The van der Waals surface area contributed by atoms with Gasteiger partial charge in [0.05, 0.1) is 17.3 Å². The van der Waals surface area contributed by atoms with Gasteiger partial charge in [0.2, 0.25) is 0 Å². The monoisotopic (exact) mass is 455 g/mol. The second-order valence-electron chi connectivity index (χ2n) is 9.85. The molecule has 0 radical (unpaired) electrons. The third kappa shape index (κ3) is 3.98. The fourth-order valence-corrected chi connectivity index (χ4v) is 4.39. The summed E-state index contributed by atoms with van der Waals surface area (Å²) < 4.78 is 0. The van der Waals surface area contributed by atoms with E-state index in [1.807, 2.05) is 56.3 Å². The summed E-state index contributed by atoms with van der Waals surface area (Å²) in [7, 11) is 0. The molecule has 1 saturated heterocycles. The van der Waals surface area contributed by atoms with Gasteiger partial charge >= 0.3 is 0 Å². The Hall–Kier alpha value is -3.86. The van der Waals surface area contributed by atoms with Gasteiger partial charge in [-0.3, -0.25) is 14.5 Å². The average molecular weight is 456 g/mol. The molecule has 4 rings (SSSR count). The lowest BCUT2D eigenvalue weighted by Gasteiger charge is -2.26. The predicted octanol–water partition coefficient (Wildman–Crippen LogP) is 5.93. The van der Waals surface area contributed by atoms with Crippen LogP contribution in [-0.2, 0) is 15.0 Å². The van der Waals surface area contributed by atoms with E-state index < -0.39 is 17.7 Å². The third-order valence-electron chi connectivity index (χ3n) is 6.30. The van der Waals surface area contributed by atoms with E-state index >= 15 is 0 Å². The lowest BCUT2D eigenvalue weighted by Crippen LogP contribution is -2.29. The minimum atomic E-state index is -0.883. The summed E-state index contributed by atoms with van der Waals surface area (Å²) >= 11 is 0. The minimum Gasteiger partial charge on any atom is -0.507 e. The van der Waals surface area contributed by atoms with Crippen molar-refractivity contribution in [3.05, 3.63) is 100 Å². The molecular formula is C29H29NO4. The first-order chi connectivity index (χ1) is 16.0. The standard InChI is InChI=1S/C29H29NO4/c1-17-9-8-10-19(15-17)25-24(26(32)21-16-20(29(3,4)5)14-13-18(21)2)27(33)28(34)30(25)22-11-6-7-12-23(22)31/h6-16,25,31-32H,1-5H3/b26-24+. The van der Waals surface area contributed by atoms with Crippen LogP contribution in [0.3, 0.4) is 0 Å². The first-order valence-corrected chi connectivity index (χ1v) is 11.3. The number of para-hydroxylation sites is 2. The Morgan fingerprint density at radius 1 is 0.912 bits per heavy atom. The van der Waals surface area contributed by atoms with Crippen molar-refractivity contribution in [3.8, 4) is 5.75 Å². The van der Waals surface area contributed by atoms with Crippen LogP contribution in [-0.4, -0.2) is 21.9 Å². The number of amides is 1. The second kappa shape index (κ2) is 8.49. The van der Waals surface area contributed by atoms with E-state index in [0.717, 1.165) is 16.7 Å². The molecule has 2 N–H and O–H groups in total. The van der Waals surface area contributed by atoms with E-state index in [4.69, 9.17) is 0 Å². The van der Waals surface area contributed by atoms with Crippen LogP contribution in [0.5, 0.6) is 5.75 Å². The minimum absolute atomic E-state index is 0.00742. The quantitative estimate of drug-likeness (QED) is 0.291. The SMILES string of the molecule is Cc1cccc(C2/C(=C(\O)c3cc(C(C)(C)C)ccc3C)C(=O)C(=O)N2c2ccccc2O)c1. The summed E-state index contributed by atoms with van der Waals surface area (Å²) in [4.78, 5) is 28.0. The highest BCUT2D eigenvalue weighted by molar-refractivity contribution is 6.52. The summed E-state index contributed by atoms with van der Waals surface area (Å²) in [5.41, 5.74) is 3.99. The van der Waals surface area contributed by atoms with Crippen LogP contribution in [0.25, 0.3) is 5.76 Å². The number of aliphatic hydroxyl groups excluding tert-OH is 1. The highest BCUT2D eigenvalue weighted by atomic mass is 16.3. The molecule has 1 aliphatic rings. The van der Waals surface area contributed by atoms with Crippen molar-refractivity contribution >= 4 is 23.1 Å². The van der Waals surface area contributed by atoms with Gasteiger partial charge in [0, 0.05) is 5.56 Å². The molecule has 1 amide bonds. The van der Waals surface area contributed by atoms with Crippen LogP contribution in [0.1, 0.15) is 54.6 Å². The van der Waals surface area contributed by atoms with Gasteiger partial charge < -0.3 is 10.2 Å². The molecule has 3 aromatic carbocycles. The number of carbonyl (C=O) groups excluding carboxylic acids is 2. The normalized spacial score (nSPS) is 17.9. The number of carbonyl (C=O) groups is 2. The van der Waals surface area contributed by atoms with Crippen LogP contribution in [0, 0.1) is 13.8 Å². The largest absolute Gasteiger partial charge is 0.507 e. The zero-order chi connectivity index (χ0) is 24.8. The van der Waals surface area contributed by atoms with Crippen LogP contribution in [0.4, 0.5) is 5.69 Å². The molecule has 0 aromatic heterocycles. The molecule has 0 bridgehead atoms. The lowest BCUT2D eigenvalue weighted by atomic mass is 9.84. The number of benzene rings is 3. The molecule has 1 unspecified atom stereocenters. The first kappa shape index (κ1) is 23.3. The Bertz CT molecular complexity index is 1330. The number of phenols is 1. The zero-order valence-electron chi connectivity index (χ0n) is 20.1. The van der Waals surface area contributed by atoms with E-state index in [1.165, 1.54) is 11.0 Å². The molecule has 3 aromatic rings. The number of aliphatic hydroxyl groups is 1. The van der Waals surface area contributed by atoms with Gasteiger partial charge in [0.1, 0.15) is 11.5 Å². The number of nitrogens with zero attached hydrogens (tertiary/aromatic N) is 1. The van der Waals surface area contributed by atoms with Gasteiger partial charge in [-0.15, -0.1) is 0 Å². The lowest BCUT2D eigenvalue weighted by molar-refractivity contribution is -0.132. The molecule has 5 nitrogen and oxygen atoms in total. The Morgan fingerprint density at radius 2 is 1.62 bits per heavy atom. The second-order valence-corrected chi connectivity index (χ2v) is 9.85. The van der Waals surface area contributed by atoms with Crippen molar-refractivity contribution in [2.75, 3.05) is 4.90 Å². The van der Waals surface area contributed by atoms with Gasteiger partial charge in [-0.25, -0.2) is 0 Å². The molecule has 1 heterocycles. The summed E-state index contributed by atoms with van der Waals surface area (Å²) in [6.45, 7) is 10.0. The maximum Gasteiger partial charge on any atom is 0.300 e. The Morgan fingerprint density at radius 3 is 2.26 bits per heavy atom. The van der Waals surface area contributed by atoms with Crippen molar-refractivity contribution < 1.29 is 19.8 Å². The fraction of sp³-hybridized carbons (Fsp3) is 0.241. The van der Waals surface area contributed by atoms with Crippen LogP contribution < -0.4 is 4.90 Å². The Kier molecular flexibility index (Phi) is 5.82. The third-order valence-corrected chi connectivity index (χ3v) is 6.30. The molecule has 0 aliphatic carbocycles. The highest BCUT2D eigenvalue weighted by Crippen LogP contribution is 2.45. The van der Waals surface area contributed by atoms with Gasteiger partial charge in [0.25, 0.3) is 11.7 Å². The molecule has 174 valence electrons. The molecule has 1 atom stereocenters. The number of hydrogen-bond donors (Lipinski definition) is 2. The van der Waals surface area contributed by atoms with E-state index in [0.29, 0.717) is 11.1 Å². The van der Waals surface area contributed by atoms with E-state index in [-0.39, 0.29) is 28.2 Å². The smallest absolute Gasteiger partial charge is 0.300 e. The van der Waals surface area contributed by atoms with E-state index in [2.05, 4.69) is 20.8 Å². The number of phenolic OH excluding ortho intramolecular Hbond substituents is 1. The summed E-state index contributed by atoms with van der Waals surface area (Å²) in [6.07, 6.45) is 0. The van der Waals surface area contributed by atoms with Crippen molar-refractivity contribution in [2.24, 2.45) is 0 Å². The first-order valence-electron chi connectivity index (χ1n) is 11.3. The number of aryl methyl sites for hydroxylation is 2. The molecule has 0 saturated carbocycles. The number of rotatable bonds is 3. The van der Waals surface area contributed by atoms with Gasteiger partial charge in [-0.2, -0.15) is 0 Å². The van der Waals surface area contributed by atoms with Crippen molar-refractivity contribution in [2.45, 2.75) is 46.1 Å². The Balaban J connectivity index is 2.01. The molecule has 1 aliphatic heterocycles. The molecular weight excluding hydrogens is 426 g/mol. The Labute approximate surface area is 200 Å². The number of ketones is 1. The van der Waals surface area contributed by atoms with Gasteiger partial charge in [-0.05, 0) is 54.2 Å². The summed E-state index contributed by atoms with van der Waals surface area (Å²) in [5, 5.41) is 22.1. The van der Waals surface area contributed by atoms with Crippen molar-refractivity contribution in [1.82, 2.24) is 0 Å². The van der Waals surface area contributed by atoms with Crippen LogP contribution >= 0.6 is 0 Å².